The Morgan fingerprint density at radius 3 is 2.92 bits per heavy atom. The smallest absolute Gasteiger partial charge is 0.0458 e. The van der Waals surface area contributed by atoms with E-state index in [1.165, 1.54) is 17.7 Å². The van der Waals surface area contributed by atoms with E-state index in [9.17, 15) is 0 Å². The first kappa shape index (κ1) is 9.69. The highest BCUT2D eigenvalue weighted by atomic mass is 35.5. The highest BCUT2D eigenvalue weighted by molar-refractivity contribution is 6.31. The van der Waals surface area contributed by atoms with Crippen LogP contribution in [0.4, 0.5) is 5.69 Å². The normalized spacial score (nSPS) is 14.1. The van der Waals surface area contributed by atoms with Crippen LogP contribution < -0.4 is 5.32 Å². The van der Waals surface area contributed by atoms with Crippen LogP contribution in [0.3, 0.4) is 0 Å². The zero-order valence-electron chi connectivity index (χ0n) is 6.64. The van der Waals surface area contributed by atoms with Crippen molar-refractivity contribution in [2.45, 2.75) is 12.8 Å². The Kier molecular flexibility index (Phi) is 3.24. The second kappa shape index (κ2) is 4.01. The maximum absolute atomic E-state index is 6.00. The van der Waals surface area contributed by atoms with E-state index in [1.54, 1.807) is 0 Å². The highest BCUT2D eigenvalue weighted by Crippen LogP contribution is 2.28. The Balaban J connectivity index is 0.000000720. The van der Waals surface area contributed by atoms with Gasteiger partial charge in [-0.3, -0.25) is 0 Å². The molecule has 1 N–H and O–H groups in total. The van der Waals surface area contributed by atoms with Crippen LogP contribution in [-0.2, 0) is 6.42 Å². The molecule has 0 amide bonds. The predicted molar refractivity (Wildman–Crippen MR) is 55.5 cm³/mol. The molecule has 0 fully saturated rings. The molecule has 0 aromatic heterocycles. The van der Waals surface area contributed by atoms with Crippen LogP contribution in [0.1, 0.15) is 12.0 Å². The van der Waals surface area contributed by atoms with E-state index in [4.69, 9.17) is 11.6 Å². The minimum absolute atomic E-state index is 0. The zero-order valence-corrected chi connectivity index (χ0v) is 8.21. The van der Waals surface area contributed by atoms with Gasteiger partial charge in [-0.15, -0.1) is 12.4 Å². The van der Waals surface area contributed by atoms with Crippen LogP contribution in [0.5, 0.6) is 0 Å². The number of rotatable bonds is 0. The van der Waals surface area contributed by atoms with Crippen molar-refractivity contribution in [3.8, 4) is 0 Å². The maximum atomic E-state index is 6.00. The highest BCUT2D eigenvalue weighted by Gasteiger charge is 2.09. The van der Waals surface area contributed by atoms with Gasteiger partial charge < -0.3 is 5.32 Å². The molecule has 0 spiro atoms. The fourth-order valence-electron chi connectivity index (χ4n) is 1.47. The lowest BCUT2D eigenvalue weighted by atomic mass is 10.0. The molecular formula is C9H11Cl2N. The standard InChI is InChI=1S/C9H10ClN.ClH/c10-8-4-1-5-9-7(8)3-2-6-11-9;/h1,4-5,11H,2-3,6H2;1H. The summed E-state index contributed by atoms with van der Waals surface area (Å²) in [5.41, 5.74) is 2.49. The molecule has 1 heterocycles. The summed E-state index contributed by atoms with van der Waals surface area (Å²) in [7, 11) is 0. The second-order valence-electron chi connectivity index (χ2n) is 2.80. The molecule has 1 aromatic carbocycles. The number of anilines is 1. The van der Waals surface area contributed by atoms with Gasteiger partial charge >= 0.3 is 0 Å². The van der Waals surface area contributed by atoms with Gasteiger partial charge in [-0.1, -0.05) is 17.7 Å². The molecule has 0 bridgehead atoms. The first-order chi connectivity index (χ1) is 5.38. The summed E-state index contributed by atoms with van der Waals surface area (Å²) in [6, 6.07) is 6.02. The summed E-state index contributed by atoms with van der Waals surface area (Å²) in [4.78, 5) is 0. The molecule has 3 heteroatoms. The molecule has 2 rings (SSSR count). The Bertz CT molecular complexity index is 273. The van der Waals surface area contributed by atoms with Crippen LogP contribution in [0.2, 0.25) is 5.02 Å². The van der Waals surface area contributed by atoms with E-state index < -0.39 is 0 Å². The fraction of sp³-hybridized carbons (Fsp3) is 0.333. The third-order valence-corrected chi connectivity index (χ3v) is 2.39. The SMILES string of the molecule is Cl.Clc1cccc2c1CCCN2. The number of benzene rings is 1. The third-order valence-electron chi connectivity index (χ3n) is 2.04. The van der Waals surface area contributed by atoms with Crippen molar-refractivity contribution in [1.29, 1.82) is 0 Å². The molecule has 1 aliphatic rings. The average Bonchev–Trinajstić information content (AvgIpc) is 2.06. The molecule has 0 aliphatic carbocycles. The van der Waals surface area contributed by atoms with E-state index in [0.29, 0.717) is 0 Å². The second-order valence-corrected chi connectivity index (χ2v) is 3.20. The Morgan fingerprint density at radius 2 is 2.17 bits per heavy atom. The molecule has 1 aliphatic heterocycles. The molecule has 0 radical (unpaired) electrons. The van der Waals surface area contributed by atoms with Crippen molar-refractivity contribution in [2.75, 3.05) is 11.9 Å². The van der Waals surface area contributed by atoms with Crippen LogP contribution >= 0.6 is 24.0 Å². The van der Waals surface area contributed by atoms with Gasteiger partial charge in [-0.05, 0) is 30.5 Å². The van der Waals surface area contributed by atoms with Crippen LogP contribution in [0.15, 0.2) is 18.2 Å². The summed E-state index contributed by atoms with van der Waals surface area (Å²) < 4.78 is 0. The Labute approximate surface area is 83.5 Å². The lowest BCUT2D eigenvalue weighted by Gasteiger charge is -2.18. The maximum Gasteiger partial charge on any atom is 0.0458 e. The number of halogens is 2. The third kappa shape index (κ3) is 1.67. The molecule has 66 valence electrons. The van der Waals surface area contributed by atoms with Gasteiger partial charge in [0.25, 0.3) is 0 Å². The van der Waals surface area contributed by atoms with Gasteiger partial charge in [0, 0.05) is 17.3 Å². The zero-order chi connectivity index (χ0) is 7.68. The average molecular weight is 204 g/mol. The first-order valence-corrected chi connectivity index (χ1v) is 4.27. The topological polar surface area (TPSA) is 12.0 Å². The van der Waals surface area contributed by atoms with Gasteiger partial charge in [-0.2, -0.15) is 0 Å². The largest absolute Gasteiger partial charge is 0.385 e. The first-order valence-electron chi connectivity index (χ1n) is 3.89. The fourth-order valence-corrected chi connectivity index (χ4v) is 1.74. The van der Waals surface area contributed by atoms with Gasteiger partial charge in [-0.25, -0.2) is 0 Å². The molecule has 1 aromatic rings. The summed E-state index contributed by atoms with van der Waals surface area (Å²) in [6.45, 7) is 1.08. The van der Waals surface area contributed by atoms with E-state index in [-0.39, 0.29) is 12.4 Å². The van der Waals surface area contributed by atoms with Crippen LogP contribution in [0, 0.1) is 0 Å². The Morgan fingerprint density at radius 1 is 1.33 bits per heavy atom. The molecule has 1 nitrogen and oxygen atoms in total. The van der Waals surface area contributed by atoms with Crippen LogP contribution in [0.25, 0.3) is 0 Å². The minimum atomic E-state index is 0. The molecule has 0 saturated heterocycles. The molecule has 0 saturated carbocycles. The van der Waals surface area contributed by atoms with Crippen LogP contribution in [-0.4, -0.2) is 6.54 Å². The van der Waals surface area contributed by atoms with Gasteiger partial charge in [0.1, 0.15) is 0 Å². The van der Waals surface area contributed by atoms with Crippen molar-refractivity contribution in [2.24, 2.45) is 0 Å². The Hall–Kier alpha value is -0.400. The minimum Gasteiger partial charge on any atom is -0.385 e. The summed E-state index contributed by atoms with van der Waals surface area (Å²) in [5.74, 6) is 0. The van der Waals surface area contributed by atoms with Crippen molar-refractivity contribution >= 4 is 29.7 Å². The van der Waals surface area contributed by atoms with E-state index in [2.05, 4.69) is 11.4 Å². The van der Waals surface area contributed by atoms with E-state index in [0.717, 1.165) is 18.0 Å². The quantitative estimate of drug-likeness (QED) is 0.684. The summed E-state index contributed by atoms with van der Waals surface area (Å²) >= 11 is 6.00. The number of fused-ring (bicyclic) bond motifs is 1. The van der Waals surface area contributed by atoms with Gasteiger partial charge in [0.15, 0.2) is 0 Å². The summed E-state index contributed by atoms with van der Waals surface area (Å²) in [5, 5.41) is 4.22. The molecule has 12 heavy (non-hydrogen) atoms. The van der Waals surface area contributed by atoms with Crippen molar-refractivity contribution in [3.05, 3.63) is 28.8 Å². The van der Waals surface area contributed by atoms with E-state index in [1.807, 2.05) is 12.1 Å². The number of hydrogen-bond acceptors (Lipinski definition) is 1. The molecular weight excluding hydrogens is 193 g/mol. The molecule has 0 atom stereocenters. The van der Waals surface area contributed by atoms with Crippen molar-refractivity contribution < 1.29 is 0 Å². The number of nitrogens with one attached hydrogen (secondary N) is 1. The van der Waals surface area contributed by atoms with Gasteiger partial charge in [0.2, 0.25) is 0 Å². The predicted octanol–water partition coefficient (Wildman–Crippen LogP) is 3.12. The lowest BCUT2D eigenvalue weighted by Crippen LogP contribution is -2.11. The summed E-state index contributed by atoms with van der Waals surface area (Å²) in [6.07, 6.45) is 2.30. The van der Waals surface area contributed by atoms with Gasteiger partial charge in [0.05, 0.1) is 0 Å². The monoisotopic (exact) mass is 203 g/mol. The lowest BCUT2D eigenvalue weighted by molar-refractivity contribution is 0.830. The van der Waals surface area contributed by atoms with Crippen molar-refractivity contribution in [1.82, 2.24) is 0 Å². The van der Waals surface area contributed by atoms with Crippen molar-refractivity contribution in [3.63, 3.8) is 0 Å². The number of hydrogen-bond donors (Lipinski definition) is 1. The van der Waals surface area contributed by atoms with E-state index >= 15 is 0 Å². The molecule has 0 unspecified atom stereocenters.